The fourth-order valence-corrected chi connectivity index (χ4v) is 4.47. The summed E-state index contributed by atoms with van der Waals surface area (Å²) in [4.78, 5) is 13.1. The average molecular weight is 418 g/mol. The molecule has 0 saturated carbocycles. The van der Waals surface area contributed by atoms with E-state index in [4.69, 9.17) is 23.2 Å². The number of aromatic nitrogens is 2. The molecule has 0 unspecified atom stereocenters. The largest absolute Gasteiger partial charge is 0.274 e. The molecule has 0 aliphatic heterocycles. The van der Waals surface area contributed by atoms with E-state index in [9.17, 15) is 13.2 Å². The van der Waals surface area contributed by atoms with E-state index >= 15 is 0 Å². The van der Waals surface area contributed by atoms with Crippen molar-refractivity contribution in [3.05, 3.63) is 50.4 Å². The maximum Gasteiger partial charge on any atom is 0.274 e. The molecule has 1 amide bonds. The van der Waals surface area contributed by atoms with Crippen molar-refractivity contribution in [2.24, 2.45) is 0 Å². The molecule has 0 saturated heterocycles. The molecule has 0 aliphatic carbocycles. The van der Waals surface area contributed by atoms with E-state index in [-0.39, 0.29) is 0 Å². The zero-order valence-electron chi connectivity index (χ0n) is 13.2. The Balaban J connectivity index is 2.02. The van der Waals surface area contributed by atoms with Gasteiger partial charge in [-0.3, -0.25) is 4.79 Å². The summed E-state index contributed by atoms with van der Waals surface area (Å²) in [6.45, 7) is 2.16. The van der Waals surface area contributed by atoms with E-state index in [0.717, 1.165) is 39.1 Å². The molecule has 0 atom stereocenters. The van der Waals surface area contributed by atoms with E-state index < -0.39 is 15.9 Å². The Morgan fingerprint density at radius 3 is 2.56 bits per heavy atom. The van der Waals surface area contributed by atoms with Crippen molar-refractivity contribution in [2.45, 2.75) is 13.5 Å². The number of carbonyl (C=O) groups excluding carboxylic acids is 1. The van der Waals surface area contributed by atoms with E-state index in [2.05, 4.69) is 5.10 Å². The fraction of sp³-hybridized carbons (Fsp3) is 0.200. The van der Waals surface area contributed by atoms with E-state index in [0.29, 0.717) is 21.5 Å². The van der Waals surface area contributed by atoms with Crippen molar-refractivity contribution in [1.29, 1.82) is 0 Å². The van der Waals surface area contributed by atoms with Gasteiger partial charge < -0.3 is 0 Å². The molecule has 2 aromatic heterocycles. The quantitative estimate of drug-likeness (QED) is 0.704. The molecular formula is C15H13Cl2N3O3S2. The first-order valence-corrected chi connectivity index (χ1v) is 10.5. The Bertz CT molecular complexity index is 1070. The highest BCUT2D eigenvalue weighted by molar-refractivity contribution is 7.89. The van der Waals surface area contributed by atoms with Crippen LogP contribution in [0.4, 0.5) is 0 Å². The smallest absolute Gasteiger partial charge is 0.267 e. The van der Waals surface area contributed by atoms with Crippen LogP contribution < -0.4 is 4.72 Å². The predicted octanol–water partition coefficient (Wildman–Crippen LogP) is 3.45. The van der Waals surface area contributed by atoms with Gasteiger partial charge in [-0.15, -0.1) is 11.3 Å². The molecule has 25 heavy (non-hydrogen) atoms. The molecule has 0 spiro atoms. The first kappa shape index (κ1) is 18.2. The molecule has 132 valence electrons. The minimum atomic E-state index is -3.62. The lowest BCUT2D eigenvalue weighted by Crippen LogP contribution is -2.28. The van der Waals surface area contributed by atoms with Gasteiger partial charge in [-0.1, -0.05) is 29.3 Å². The van der Waals surface area contributed by atoms with Crippen molar-refractivity contribution < 1.29 is 13.2 Å². The number of hydrogen-bond acceptors (Lipinski definition) is 5. The van der Waals surface area contributed by atoms with Crippen LogP contribution in [0.5, 0.6) is 0 Å². The number of nitrogens with zero attached hydrogens (tertiary/aromatic N) is 2. The number of hydrogen-bond donors (Lipinski definition) is 1. The van der Waals surface area contributed by atoms with Gasteiger partial charge in [-0.2, -0.15) is 5.10 Å². The SMILES string of the molecule is Cc1nn(Cc2c(Cl)cccc2Cl)c2sc(C(=O)NS(C)(=O)=O)cc12. The van der Waals surface area contributed by atoms with Crippen molar-refractivity contribution in [3.8, 4) is 0 Å². The highest BCUT2D eigenvalue weighted by Crippen LogP contribution is 2.31. The molecule has 0 aliphatic rings. The maximum absolute atomic E-state index is 12.1. The summed E-state index contributed by atoms with van der Waals surface area (Å²) >= 11 is 13.6. The third kappa shape index (κ3) is 3.82. The third-order valence-electron chi connectivity index (χ3n) is 3.48. The summed E-state index contributed by atoms with van der Waals surface area (Å²) in [7, 11) is -3.62. The Hall–Kier alpha value is -1.61. The second kappa shape index (κ2) is 6.60. The number of aryl methyl sites for hydroxylation is 1. The Labute approximate surface area is 158 Å². The van der Waals surface area contributed by atoms with Crippen LogP contribution in [-0.2, 0) is 16.6 Å². The van der Waals surface area contributed by atoms with Gasteiger partial charge in [0, 0.05) is 21.0 Å². The Kier molecular flexibility index (Phi) is 4.80. The van der Waals surface area contributed by atoms with Crippen molar-refractivity contribution >= 4 is 60.7 Å². The van der Waals surface area contributed by atoms with Crippen LogP contribution in [0.25, 0.3) is 10.2 Å². The van der Waals surface area contributed by atoms with Crippen LogP contribution in [0.1, 0.15) is 20.9 Å². The van der Waals surface area contributed by atoms with Gasteiger partial charge in [0.05, 0.1) is 23.4 Å². The molecule has 0 fully saturated rings. The van der Waals surface area contributed by atoms with Crippen LogP contribution in [0.2, 0.25) is 10.0 Å². The normalized spacial score (nSPS) is 11.8. The van der Waals surface area contributed by atoms with Crippen molar-refractivity contribution in [3.63, 3.8) is 0 Å². The van der Waals surface area contributed by atoms with Gasteiger partial charge in [-0.05, 0) is 25.1 Å². The van der Waals surface area contributed by atoms with E-state index in [1.54, 1.807) is 28.9 Å². The summed E-state index contributed by atoms with van der Waals surface area (Å²) in [5.74, 6) is -0.662. The van der Waals surface area contributed by atoms with E-state index in [1.807, 2.05) is 11.6 Å². The molecule has 0 radical (unpaired) electrons. The minimum Gasteiger partial charge on any atom is -0.267 e. The lowest BCUT2D eigenvalue weighted by atomic mass is 10.2. The standard InChI is InChI=1S/C15H13Cl2N3O3S2/c1-8-9-6-13(14(21)19-25(2,22)23)24-15(9)20(18-8)7-10-11(16)4-3-5-12(10)17/h3-6H,7H2,1-2H3,(H,19,21). The molecule has 3 rings (SSSR count). The molecule has 1 aromatic carbocycles. The number of rotatable bonds is 4. The zero-order chi connectivity index (χ0) is 18.4. The summed E-state index contributed by atoms with van der Waals surface area (Å²) in [5.41, 5.74) is 1.46. The summed E-state index contributed by atoms with van der Waals surface area (Å²) in [6.07, 6.45) is 0.935. The van der Waals surface area contributed by atoms with Gasteiger partial charge in [0.1, 0.15) is 4.83 Å². The van der Waals surface area contributed by atoms with E-state index in [1.165, 1.54) is 0 Å². The predicted molar refractivity (Wildman–Crippen MR) is 100 cm³/mol. The number of halogens is 2. The zero-order valence-corrected chi connectivity index (χ0v) is 16.4. The number of amides is 1. The van der Waals surface area contributed by atoms with Gasteiger partial charge >= 0.3 is 0 Å². The summed E-state index contributed by atoms with van der Waals surface area (Å²) in [6, 6.07) is 6.88. The van der Waals surface area contributed by atoms with Gasteiger partial charge in [0.25, 0.3) is 5.91 Å². The number of carbonyl (C=O) groups is 1. The number of fused-ring (bicyclic) bond motifs is 1. The van der Waals surface area contributed by atoms with Gasteiger partial charge in [0.15, 0.2) is 0 Å². The first-order valence-electron chi connectivity index (χ1n) is 7.07. The third-order valence-corrected chi connectivity index (χ3v) is 5.89. The maximum atomic E-state index is 12.1. The van der Waals surface area contributed by atoms with Gasteiger partial charge in [0.2, 0.25) is 10.0 Å². The van der Waals surface area contributed by atoms with Crippen molar-refractivity contribution in [2.75, 3.05) is 6.26 Å². The topological polar surface area (TPSA) is 81.1 Å². The molecule has 0 bridgehead atoms. The van der Waals surface area contributed by atoms with Crippen LogP contribution in [0.3, 0.4) is 0 Å². The van der Waals surface area contributed by atoms with Crippen LogP contribution >= 0.6 is 34.5 Å². The second-order valence-electron chi connectivity index (χ2n) is 5.48. The van der Waals surface area contributed by atoms with Crippen LogP contribution in [-0.4, -0.2) is 30.4 Å². The fourth-order valence-electron chi connectivity index (χ4n) is 2.38. The number of sulfonamides is 1. The average Bonchev–Trinajstić information content (AvgIpc) is 3.03. The lowest BCUT2D eigenvalue weighted by Gasteiger charge is -2.07. The molecular weight excluding hydrogens is 405 g/mol. The highest BCUT2D eigenvalue weighted by Gasteiger charge is 2.19. The van der Waals surface area contributed by atoms with Crippen LogP contribution in [0, 0.1) is 6.92 Å². The Morgan fingerprint density at radius 1 is 1.32 bits per heavy atom. The number of nitrogens with one attached hydrogen (secondary N) is 1. The van der Waals surface area contributed by atoms with Crippen LogP contribution in [0.15, 0.2) is 24.3 Å². The van der Waals surface area contributed by atoms with Gasteiger partial charge in [-0.25, -0.2) is 17.8 Å². The minimum absolute atomic E-state index is 0.292. The summed E-state index contributed by atoms with van der Waals surface area (Å²) < 4.78 is 26.2. The number of thiophene rings is 1. The molecule has 10 heteroatoms. The first-order chi connectivity index (χ1) is 11.7. The summed E-state index contributed by atoms with van der Waals surface area (Å²) in [5, 5.41) is 6.30. The molecule has 6 nitrogen and oxygen atoms in total. The number of benzene rings is 1. The van der Waals surface area contributed by atoms with Crippen molar-refractivity contribution in [1.82, 2.24) is 14.5 Å². The Morgan fingerprint density at radius 2 is 1.96 bits per heavy atom. The monoisotopic (exact) mass is 417 g/mol. The molecule has 2 heterocycles. The molecule has 1 N–H and O–H groups in total. The molecule has 3 aromatic rings. The highest BCUT2D eigenvalue weighted by atomic mass is 35.5. The second-order valence-corrected chi connectivity index (χ2v) is 9.07. The lowest BCUT2D eigenvalue weighted by molar-refractivity contribution is 0.0985.